The number of benzene rings is 1. The third kappa shape index (κ3) is 7.61. The molecule has 6 nitrogen and oxygen atoms in total. The molecular formula is C21H24ClNO5S. The molecule has 1 aromatic heterocycles. The van der Waals surface area contributed by atoms with Gasteiger partial charge < -0.3 is 14.8 Å². The summed E-state index contributed by atoms with van der Waals surface area (Å²) in [5.74, 6) is -0.123. The molecule has 1 aromatic carbocycles. The number of aryl methyl sites for hydroxylation is 1. The highest BCUT2D eigenvalue weighted by Gasteiger charge is 2.15. The van der Waals surface area contributed by atoms with Crippen LogP contribution in [-0.4, -0.2) is 37.8 Å². The largest absolute Gasteiger partial charge is 0.487 e. The fourth-order valence-electron chi connectivity index (χ4n) is 2.53. The Kier molecular flexibility index (Phi) is 9.31. The van der Waals surface area contributed by atoms with E-state index in [0.29, 0.717) is 34.6 Å². The predicted octanol–water partition coefficient (Wildman–Crippen LogP) is 4.69. The third-order valence-corrected chi connectivity index (χ3v) is 5.39. The number of para-hydroxylation sites is 1. The molecule has 1 amide bonds. The van der Waals surface area contributed by atoms with E-state index in [1.165, 1.54) is 11.3 Å². The number of ketones is 2. The first kappa shape index (κ1) is 23.1. The number of ether oxygens (including phenoxy) is 2. The molecular weight excluding hydrogens is 414 g/mol. The average molecular weight is 438 g/mol. The molecule has 156 valence electrons. The van der Waals surface area contributed by atoms with Gasteiger partial charge in [0.1, 0.15) is 12.4 Å². The smallest absolute Gasteiger partial charge is 0.224 e. The van der Waals surface area contributed by atoms with Gasteiger partial charge in [-0.3, -0.25) is 14.4 Å². The number of rotatable bonds is 12. The Balaban J connectivity index is 1.80. The highest BCUT2D eigenvalue weighted by molar-refractivity contribution is 7.14. The van der Waals surface area contributed by atoms with E-state index in [1.807, 2.05) is 13.0 Å². The van der Waals surface area contributed by atoms with E-state index in [-0.39, 0.29) is 43.2 Å². The van der Waals surface area contributed by atoms with Crippen molar-refractivity contribution in [2.75, 3.05) is 25.6 Å². The molecule has 2 aromatic rings. The third-order valence-electron chi connectivity index (χ3n) is 4.05. The van der Waals surface area contributed by atoms with E-state index in [4.69, 9.17) is 21.1 Å². The van der Waals surface area contributed by atoms with Crippen LogP contribution in [0.4, 0.5) is 5.69 Å². The molecule has 1 heterocycles. The molecule has 0 fully saturated rings. The fourth-order valence-corrected chi connectivity index (χ4v) is 3.60. The minimum absolute atomic E-state index is 0.0230. The van der Waals surface area contributed by atoms with Gasteiger partial charge in [0.2, 0.25) is 5.91 Å². The molecule has 2 rings (SSSR count). The van der Waals surface area contributed by atoms with Crippen molar-refractivity contribution in [1.29, 1.82) is 0 Å². The second kappa shape index (κ2) is 11.7. The van der Waals surface area contributed by atoms with Crippen molar-refractivity contribution in [2.24, 2.45) is 0 Å². The number of carbonyl (C=O) groups excluding carboxylic acids is 3. The van der Waals surface area contributed by atoms with Crippen molar-refractivity contribution in [3.8, 4) is 5.75 Å². The molecule has 0 aliphatic carbocycles. The number of amides is 1. The Morgan fingerprint density at radius 3 is 2.48 bits per heavy atom. The number of thiophene rings is 1. The highest BCUT2D eigenvalue weighted by atomic mass is 35.5. The molecule has 1 N–H and O–H groups in total. The molecule has 0 unspecified atom stereocenters. The molecule has 8 heteroatoms. The summed E-state index contributed by atoms with van der Waals surface area (Å²) in [6.07, 6.45) is 0.385. The summed E-state index contributed by atoms with van der Waals surface area (Å²) < 4.78 is 10.5. The van der Waals surface area contributed by atoms with Crippen LogP contribution in [-0.2, 0) is 14.3 Å². The number of hydrogen-bond acceptors (Lipinski definition) is 6. The standard InChI is InChI=1S/C21H24ClNO5S/c1-14-6-10-19(29-14)18(25)9-7-15(24)8-11-20(26)23-17-5-3-4-16(22)21(17)28-13-12-27-2/h3-6,10H,7-9,11-13H2,1-2H3,(H,23,26). The summed E-state index contributed by atoms with van der Waals surface area (Å²) >= 11 is 7.56. The van der Waals surface area contributed by atoms with Crippen LogP contribution in [0.3, 0.4) is 0 Å². The van der Waals surface area contributed by atoms with Gasteiger partial charge >= 0.3 is 0 Å². The van der Waals surface area contributed by atoms with Crippen molar-refractivity contribution < 1.29 is 23.9 Å². The summed E-state index contributed by atoms with van der Waals surface area (Å²) in [4.78, 5) is 38.1. The fraction of sp³-hybridized carbons (Fsp3) is 0.381. The molecule has 0 spiro atoms. The van der Waals surface area contributed by atoms with E-state index in [9.17, 15) is 14.4 Å². The van der Waals surface area contributed by atoms with E-state index in [2.05, 4.69) is 5.32 Å². The van der Waals surface area contributed by atoms with Gasteiger partial charge in [0.25, 0.3) is 0 Å². The van der Waals surface area contributed by atoms with Crippen LogP contribution >= 0.6 is 22.9 Å². The molecule has 0 atom stereocenters. The van der Waals surface area contributed by atoms with Crippen LogP contribution in [0, 0.1) is 6.92 Å². The lowest BCUT2D eigenvalue weighted by molar-refractivity contribution is -0.122. The lowest BCUT2D eigenvalue weighted by atomic mass is 10.1. The van der Waals surface area contributed by atoms with Crippen LogP contribution in [0.5, 0.6) is 5.75 Å². The Labute approximate surface area is 179 Å². The second-order valence-electron chi connectivity index (χ2n) is 6.38. The van der Waals surface area contributed by atoms with Crippen molar-refractivity contribution in [2.45, 2.75) is 32.6 Å². The summed E-state index contributed by atoms with van der Waals surface area (Å²) in [6, 6.07) is 8.69. The molecule has 0 aliphatic heterocycles. The van der Waals surface area contributed by atoms with Crippen LogP contribution in [0.2, 0.25) is 5.02 Å². The minimum Gasteiger partial charge on any atom is -0.487 e. The van der Waals surface area contributed by atoms with E-state index < -0.39 is 0 Å². The first-order valence-electron chi connectivity index (χ1n) is 9.22. The maximum atomic E-state index is 12.2. The van der Waals surface area contributed by atoms with Crippen molar-refractivity contribution in [3.05, 3.63) is 45.1 Å². The summed E-state index contributed by atoms with van der Waals surface area (Å²) in [5.41, 5.74) is 0.439. The topological polar surface area (TPSA) is 81.7 Å². The summed E-state index contributed by atoms with van der Waals surface area (Å²) in [7, 11) is 1.56. The Morgan fingerprint density at radius 2 is 1.79 bits per heavy atom. The summed E-state index contributed by atoms with van der Waals surface area (Å²) in [5, 5.41) is 3.09. The molecule has 0 saturated heterocycles. The van der Waals surface area contributed by atoms with E-state index in [1.54, 1.807) is 31.4 Å². The zero-order chi connectivity index (χ0) is 21.2. The lowest BCUT2D eigenvalue weighted by Crippen LogP contribution is -2.15. The number of methoxy groups -OCH3 is 1. The van der Waals surface area contributed by atoms with Gasteiger partial charge in [0.15, 0.2) is 11.5 Å². The molecule has 0 bridgehead atoms. The summed E-state index contributed by atoms with van der Waals surface area (Å²) in [6.45, 7) is 2.61. The maximum Gasteiger partial charge on any atom is 0.224 e. The molecule has 29 heavy (non-hydrogen) atoms. The average Bonchev–Trinajstić information content (AvgIpc) is 3.13. The molecule has 0 radical (unpaired) electrons. The van der Waals surface area contributed by atoms with E-state index >= 15 is 0 Å². The number of hydrogen-bond donors (Lipinski definition) is 1. The van der Waals surface area contributed by atoms with Gasteiger partial charge in [0, 0.05) is 37.7 Å². The zero-order valence-electron chi connectivity index (χ0n) is 16.5. The molecule has 0 saturated carbocycles. The highest BCUT2D eigenvalue weighted by Crippen LogP contribution is 2.33. The first-order valence-corrected chi connectivity index (χ1v) is 10.4. The first-order chi connectivity index (χ1) is 13.9. The number of anilines is 1. The monoisotopic (exact) mass is 437 g/mol. The van der Waals surface area contributed by atoms with Crippen LogP contribution in [0.1, 0.15) is 40.2 Å². The number of nitrogens with one attached hydrogen (secondary N) is 1. The lowest BCUT2D eigenvalue weighted by Gasteiger charge is -2.13. The van der Waals surface area contributed by atoms with Gasteiger partial charge in [-0.05, 0) is 31.2 Å². The molecule has 0 aliphatic rings. The Hall–Kier alpha value is -2.22. The van der Waals surface area contributed by atoms with E-state index in [0.717, 1.165) is 4.88 Å². The number of halogens is 1. The van der Waals surface area contributed by atoms with Gasteiger partial charge in [-0.1, -0.05) is 17.7 Å². The SMILES string of the molecule is COCCOc1c(Cl)cccc1NC(=O)CCC(=O)CCC(=O)c1ccc(C)s1. The number of Topliss-reactive ketones (excluding diaryl/α,β-unsaturated/α-hetero) is 2. The van der Waals surface area contributed by atoms with Crippen molar-refractivity contribution in [1.82, 2.24) is 0 Å². The van der Waals surface area contributed by atoms with Crippen LogP contribution < -0.4 is 10.1 Å². The normalized spacial score (nSPS) is 10.6. The zero-order valence-corrected chi connectivity index (χ0v) is 18.0. The van der Waals surface area contributed by atoms with Gasteiger partial charge in [0.05, 0.1) is 22.2 Å². The Morgan fingerprint density at radius 1 is 1.03 bits per heavy atom. The number of carbonyl (C=O) groups is 3. The maximum absolute atomic E-state index is 12.2. The minimum atomic E-state index is -0.322. The van der Waals surface area contributed by atoms with Gasteiger partial charge in [-0.2, -0.15) is 0 Å². The second-order valence-corrected chi connectivity index (χ2v) is 8.07. The van der Waals surface area contributed by atoms with Crippen molar-refractivity contribution in [3.63, 3.8) is 0 Å². The van der Waals surface area contributed by atoms with Crippen molar-refractivity contribution >= 4 is 46.1 Å². The predicted molar refractivity (Wildman–Crippen MR) is 114 cm³/mol. The quantitative estimate of drug-likeness (QED) is 0.385. The van der Waals surface area contributed by atoms with Gasteiger partial charge in [-0.15, -0.1) is 11.3 Å². The Bertz CT molecular complexity index is 865. The van der Waals surface area contributed by atoms with Gasteiger partial charge in [-0.25, -0.2) is 0 Å². The van der Waals surface area contributed by atoms with Crippen LogP contribution in [0.25, 0.3) is 0 Å². The van der Waals surface area contributed by atoms with Crippen LogP contribution in [0.15, 0.2) is 30.3 Å².